The predicted molar refractivity (Wildman–Crippen MR) is 137 cm³/mol. The molecule has 0 unspecified atom stereocenters. The molecule has 0 aliphatic carbocycles. The third-order valence-electron chi connectivity index (χ3n) is 5.59. The van der Waals surface area contributed by atoms with Gasteiger partial charge in [-0.05, 0) is 48.4 Å². The zero-order valence-corrected chi connectivity index (χ0v) is 21.4. The maximum Gasteiger partial charge on any atom is 0.279 e. The predicted octanol–water partition coefficient (Wildman–Crippen LogP) is 5.15. The van der Waals surface area contributed by atoms with Crippen molar-refractivity contribution < 1.29 is 13.2 Å². The molecule has 1 amide bonds. The van der Waals surface area contributed by atoms with E-state index in [1.807, 2.05) is 61.0 Å². The number of hydrogen-bond donors (Lipinski definition) is 0. The second-order valence-electron chi connectivity index (χ2n) is 7.84. The number of carbonyl (C=O) groups is 1. The molecule has 4 aromatic rings. The van der Waals surface area contributed by atoms with Crippen LogP contribution >= 0.6 is 22.9 Å². The summed E-state index contributed by atoms with van der Waals surface area (Å²) in [7, 11) is -1.87. The molecule has 9 heteroatoms. The Morgan fingerprint density at radius 3 is 2.35 bits per heavy atom. The Bertz CT molecular complexity index is 1520. The van der Waals surface area contributed by atoms with E-state index >= 15 is 0 Å². The van der Waals surface area contributed by atoms with Crippen LogP contribution in [0.3, 0.4) is 0 Å². The van der Waals surface area contributed by atoms with Crippen molar-refractivity contribution in [3.8, 4) is 0 Å². The number of amides is 1. The number of carbonyl (C=O) groups excluding carboxylic acids is 1. The quantitative estimate of drug-likeness (QED) is 0.358. The fourth-order valence-corrected chi connectivity index (χ4v) is 6.54. The van der Waals surface area contributed by atoms with Crippen molar-refractivity contribution in [2.75, 3.05) is 6.54 Å². The summed E-state index contributed by atoms with van der Waals surface area (Å²) in [4.78, 5) is 17.8. The lowest BCUT2D eigenvalue weighted by molar-refractivity contribution is 0.0998. The zero-order valence-electron chi connectivity index (χ0n) is 19.0. The summed E-state index contributed by atoms with van der Waals surface area (Å²) in [6.07, 6.45) is 0. The van der Waals surface area contributed by atoms with Gasteiger partial charge in [0.05, 0.1) is 20.1 Å². The first-order valence-corrected chi connectivity index (χ1v) is 13.3. The average molecular weight is 514 g/mol. The number of thiazole rings is 1. The van der Waals surface area contributed by atoms with Crippen LogP contribution in [0.5, 0.6) is 0 Å². The Hall–Kier alpha value is -2.78. The Labute approximate surface area is 207 Å². The molecule has 0 aliphatic heterocycles. The minimum atomic E-state index is -3.71. The van der Waals surface area contributed by atoms with Gasteiger partial charge in [-0.1, -0.05) is 66.3 Å². The number of sulfonamides is 1. The van der Waals surface area contributed by atoms with E-state index in [0.29, 0.717) is 21.9 Å². The van der Waals surface area contributed by atoms with Crippen molar-refractivity contribution in [2.24, 2.45) is 12.0 Å². The highest BCUT2D eigenvalue weighted by molar-refractivity contribution is 7.89. The van der Waals surface area contributed by atoms with Crippen molar-refractivity contribution in [3.63, 3.8) is 0 Å². The van der Waals surface area contributed by atoms with Crippen molar-refractivity contribution in [2.45, 2.75) is 25.3 Å². The number of hydrogen-bond acceptors (Lipinski definition) is 4. The van der Waals surface area contributed by atoms with E-state index in [1.54, 1.807) is 6.92 Å². The van der Waals surface area contributed by atoms with Gasteiger partial charge in [-0.15, -0.1) is 0 Å². The molecule has 1 aromatic heterocycles. The summed E-state index contributed by atoms with van der Waals surface area (Å²) in [5.74, 6) is -0.448. The van der Waals surface area contributed by atoms with E-state index in [0.717, 1.165) is 21.3 Å². The monoisotopic (exact) mass is 513 g/mol. The number of fused-ring (bicyclic) bond motifs is 1. The summed E-state index contributed by atoms with van der Waals surface area (Å²) in [5, 5.41) is 0.612. The number of benzene rings is 3. The third-order valence-corrected chi connectivity index (χ3v) is 9.12. The second kappa shape index (κ2) is 9.84. The Kier molecular flexibility index (Phi) is 7.04. The van der Waals surface area contributed by atoms with E-state index in [9.17, 15) is 13.2 Å². The summed E-state index contributed by atoms with van der Waals surface area (Å²) in [6.45, 7) is 4.39. The third kappa shape index (κ3) is 4.72. The molecular formula is C25H24ClN3O3S2. The average Bonchev–Trinajstić information content (AvgIpc) is 3.17. The van der Waals surface area contributed by atoms with Crippen LogP contribution < -0.4 is 4.80 Å². The number of nitrogens with zero attached hydrogens (tertiary/aromatic N) is 3. The lowest BCUT2D eigenvalue weighted by atomic mass is 10.2. The molecule has 4 rings (SSSR count). The van der Waals surface area contributed by atoms with Crippen LogP contribution in [-0.4, -0.2) is 29.7 Å². The molecule has 0 aliphatic rings. The maximum absolute atomic E-state index is 13.2. The van der Waals surface area contributed by atoms with Crippen molar-refractivity contribution in [1.29, 1.82) is 0 Å². The van der Waals surface area contributed by atoms with Crippen LogP contribution in [0.2, 0.25) is 5.02 Å². The maximum atomic E-state index is 13.2. The van der Waals surface area contributed by atoms with Gasteiger partial charge in [-0.3, -0.25) is 4.79 Å². The molecule has 0 spiro atoms. The molecule has 0 atom stereocenters. The molecule has 0 bridgehead atoms. The van der Waals surface area contributed by atoms with Gasteiger partial charge < -0.3 is 4.57 Å². The number of aromatic nitrogens is 1. The zero-order chi connectivity index (χ0) is 24.5. The van der Waals surface area contributed by atoms with E-state index in [2.05, 4.69) is 4.99 Å². The highest BCUT2D eigenvalue weighted by atomic mass is 35.5. The summed E-state index contributed by atoms with van der Waals surface area (Å²) < 4.78 is 30.4. The van der Waals surface area contributed by atoms with E-state index in [4.69, 9.17) is 11.6 Å². The van der Waals surface area contributed by atoms with Gasteiger partial charge in [0.2, 0.25) is 10.0 Å². The van der Waals surface area contributed by atoms with Gasteiger partial charge in [0.15, 0.2) is 4.80 Å². The smallest absolute Gasteiger partial charge is 0.279 e. The van der Waals surface area contributed by atoms with Gasteiger partial charge in [-0.2, -0.15) is 9.30 Å². The largest absolute Gasteiger partial charge is 0.319 e. The van der Waals surface area contributed by atoms with Gasteiger partial charge in [0.25, 0.3) is 5.91 Å². The summed E-state index contributed by atoms with van der Waals surface area (Å²) in [5.41, 5.74) is 3.19. The summed E-state index contributed by atoms with van der Waals surface area (Å²) in [6, 6.07) is 19.1. The van der Waals surface area contributed by atoms with Crippen LogP contribution in [0.4, 0.5) is 0 Å². The van der Waals surface area contributed by atoms with Crippen LogP contribution in [0.25, 0.3) is 10.2 Å². The van der Waals surface area contributed by atoms with E-state index in [-0.39, 0.29) is 11.4 Å². The van der Waals surface area contributed by atoms with Crippen molar-refractivity contribution in [1.82, 2.24) is 8.87 Å². The van der Waals surface area contributed by atoms with Crippen LogP contribution in [0.15, 0.2) is 76.6 Å². The minimum absolute atomic E-state index is 0.136. The highest BCUT2D eigenvalue weighted by Gasteiger charge is 2.23. The van der Waals surface area contributed by atoms with Crippen molar-refractivity contribution >= 4 is 49.1 Å². The molecule has 0 saturated heterocycles. The lowest BCUT2D eigenvalue weighted by Gasteiger charge is -2.20. The topological polar surface area (TPSA) is 71.7 Å². The van der Waals surface area contributed by atoms with Gasteiger partial charge in [0.1, 0.15) is 0 Å². The summed E-state index contributed by atoms with van der Waals surface area (Å²) >= 11 is 7.67. The molecule has 0 saturated carbocycles. The SMILES string of the molecule is CCN(Cc1ccccc1)S(=O)(=O)c1ccc(C(=O)N=c2sc3c(Cl)ccc(C)c3n2C)cc1. The van der Waals surface area contributed by atoms with Crippen LogP contribution in [-0.2, 0) is 23.6 Å². The van der Waals surface area contributed by atoms with Gasteiger partial charge in [-0.25, -0.2) is 8.42 Å². The molecule has 34 heavy (non-hydrogen) atoms. The molecule has 176 valence electrons. The molecule has 1 heterocycles. The molecule has 0 fully saturated rings. The van der Waals surface area contributed by atoms with Crippen LogP contribution in [0, 0.1) is 6.92 Å². The highest BCUT2D eigenvalue weighted by Crippen LogP contribution is 2.28. The molecule has 0 radical (unpaired) electrons. The van der Waals surface area contributed by atoms with Gasteiger partial charge in [0, 0.05) is 25.7 Å². The molecule has 3 aromatic carbocycles. The fraction of sp³-hybridized carbons (Fsp3) is 0.200. The van der Waals surface area contributed by atoms with E-state index < -0.39 is 15.9 Å². The second-order valence-corrected chi connectivity index (χ2v) is 11.2. The number of aryl methyl sites for hydroxylation is 2. The number of rotatable bonds is 6. The van der Waals surface area contributed by atoms with Crippen molar-refractivity contribution in [3.05, 3.63) is 93.2 Å². The fourth-order valence-electron chi connectivity index (χ4n) is 3.74. The van der Waals surface area contributed by atoms with Gasteiger partial charge >= 0.3 is 0 Å². The standard InChI is InChI=1S/C25H24ClN3O3S2/c1-4-29(16-18-8-6-5-7-9-18)34(31,32)20-13-11-19(12-14-20)24(30)27-25-28(3)22-17(2)10-15-21(26)23(22)33-25/h5-15H,4,16H2,1-3H3. The minimum Gasteiger partial charge on any atom is -0.319 e. The Morgan fingerprint density at radius 1 is 1.06 bits per heavy atom. The first kappa shape index (κ1) is 24.3. The van der Waals surface area contributed by atoms with E-state index in [1.165, 1.54) is 39.9 Å². The van der Waals surface area contributed by atoms with Crippen LogP contribution in [0.1, 0.15) is 28.4 Å². The molecule has 0 N–H and O–H groups in total. The molecule has 6 nitrogen and oxygen atoms in total. The number of halogens is 1. The first-order valence-electron chi connectivity index (χ1n) is 10.7. The Morgan fingerprint density at radius 2 is 1.74 bits per heavy atom. The lowest BCUT2D eigenvalue weighted by Crippen LogP contribution is -2.30. The Balaban J connectivity index is 1.62. The normalized spacial score (nSPS) is 12.6. The molecular weight excluding hydrogens is 490 g/mol. The first-order chi connectivity index (χ1) is 16.2.